The van der Waals surface area contributed by atoms with Crippen LogP contribution in [0.2, 0.25) is 0 Å². The average Bonchev–Trinajstić information content (AvgIpc) is 2.66. The van der Waals surface area contributed by atoms with Crippen molar-refractivity contribution in [1.29, 1.82) is 0 Å². The van der Waals surface area contributed by atoms with Gasteiger partial charge in [-0.2, -0.15) is 0 Å². The van der Waals surface area contributed by atoms with E-state index in [1.807, 2.05) is 54.6 Å². The Balaban J connectivity index is 0.00000243. The summed E-state index contributed by atoms with van der Waals surface area (Å²) in [4.78, 5) is 4.29. The third kappa shape index (κ3) is 5.01. The summed E-state index contributed by atoms with van der Waals surface area (Å²) < 4.78 is 11.1. The number of benzene rings is 3. The second-order valence-corrected chi connectivity index (χ2v) is 5.42. The molecule has 0 aliphatic rings. The Labute approximate surface area is 170 Å². The van der Waals surface area contributed by atoms with Crippen LogP contribution in [-0.2, 0) is 0 Å². The number of nitrogens with one attached hydrogen (secondary N) is 1. The highest BCUT2D eigenvalue weighted by Crippen LogP contribution is 2.25. The first-order valence-corrected chi connectivity index (χ1v) is 8.08. The third-order valence-corrected chi connectivity index (χ3v) is 3.75. The number of para-hydroxylation sites is 2. The van der Waals surface area contributed by atoms with Gasteiger partial charge in [-0.1, -0.05) is 48.5 Å². The van der Waals surface area contributed by atoms with Crippen molar-refractivity contribution in [2.24, 2.45) is 10.7 Å². The van der Waals surface area contributed by atoms with Gasteiger partial charge in [0.15, 0.2) is 5.96 Å². The molecule has 0 unspecified atom stereocenters. The number of ether oxygens (including phenoxy) is 2. The van der Waals surface area contributed by atoms with E-state index < -0.39 is 0 Å². The maximum absolute atomic E-state index is 5.93. The number of nitrogens with zero attached hydrogens (tertiary/aromatic N) is 1. The summed E-state index contributed by atoms with van der Waals surface area (Å²) in [6.45, 7) is 0.902. The van der Waals surface area contributed by atoms with Crippen molar-refractivity contribution in [3.05, 3.63) is 66.7 Å². The highest BCUT2D eigenvalue weighted by molar-refractivity contribution is 14.0. The van der Waals surface area contributed by atoms with E-state index in [9.17, 15) is 0 Å². The van der Waals surface area contributed by atoms with E-state index in [0.29, 0.717) is 24.9 Å². The molecular formula is C20H22IN3O2. The van der Waals surface area contributed by atoms with Crippen LogP contribution in [0, 0.1) is 0 Å². The molecule has 0 saturated heterocycles. The van der Waals surface area contributed by atoms with Crippen LogP contribution in [0.4, 0.5) is 5.69 Å². The predicted octanol–water partition coefficient (Wildman–Crippen LogP) is 4.27. The molecule has 26 heavy (non-hydrogen) atoms. The summed E-state index contributed by atoms with van der Waals surface area (Å²) in [5.41, 5.74) is 6.71. The Bertz CT molecular complexity index is 878. The van der Waals surface area contributed by atoms with E-state index in [4.69, 9.17) is 15.2 Å². The normalized spacial score (nSPS) is 10.9. The number of guanidine groups is 1. The molecule has 3 aromatic rings. The van der Waals surface area contributed by atoms with Crippen LogP contribution in [0.5, 0.6) is 11.5 Å². The van der Waals surface area contributed by atoms with Gasteiger partial charge in [0.1, 0.15) is 18.1 Å². The van der Waals surface area contributed by atoms with E-state index in [1.165, 1.54) is 0 Å². The van der Waals surface area contributed by atoms with Gasteiger partial charge in [0.05, 0.1) is 19.3 Å². The molecule has 0 atom stereocenters. The van der Waals surface area contributed by atoms with Crippen LogP contribution in [0.3, 0.4) is 0 Å². The SMILES string of the molecule is COc1ccccc1NC(N)=NCCOc1cccc2ccccc12.I. The van der Waals surface area contributed by atoms with Gasteiger partial charge < -0.3 is 20.5 Å². The number of hydrogen-bond acceptors (Lipinski definition) is 3. The molecule has 3 rings (SSSR count). The van der Waals surface area contributed by atoms with Gasteiger partial charge in [-0.25, -0.2) is 4.99 Å². The van der Waals surface area contributed by atoms with Crippen molar-refractivity contribution in [3.63, 3.8) is 0 Å². The fraction of sp³-hybridized carbons (Fsp3) is 0.150. The Morgan fingerprint density at radius 3 is 2.50 bits per heavy atom. The van der Waals surface area contributed by atoms with Crippen molar-refractivity contribution < 1.29 is 9.47 Å². The molecule has 0 spiro atoms. The maximum Gasteiger partial charge on any atom is 0.193 e. The largest absolute Gasteiger partial charge is 0.495 e. The van der Waals surface area contributed by atoms with E-state index in [1.54, 1.807) is 7.11 Å². The van der Waals surface area contributed by atoms with E-state index in [0.717, 1.165) is 22.2 Å². The van der Waals surface area contributed by atoms with Crippen molar-refractivity contribution in [2.75, 3.05) is 25.6 Å². The molecule has 0 aromatic heterocycles. The van der Waals surface area contributed by atoms with Gasteiger partial charge in [0.2, 0.25) is 0 Å². The lowest BCUT2D eigenvalue weighted by molar-refractivity contribution is 0.332. The van der Waals surface area contributed by atoms with Crippen LogP contribution in [-0.4, -0.2) is 26.2 Å². The minimum absolute atomic E-state index is 0. The average molecular weight is 463 g/mol. The molecule has 0 saturated carbocycles. The van der Waals surface area contributed by atoms with Gasteiger partial charge in [0, 0.05) is 5.39 Å². The minimum Gasteiger partial charge on any atom is -0.495 e. The van der Waals surface area contributed by atoms with Gasteiger partial charge in [0.25, 0.3) is 0 Å². The Kier molecular flexibility index (Phi) is 7.53. The molecule has 5 nitrogen and oxygen atoms in total. The summed E-state index contributed by atoms with van der Waals surface area (Å²) in [5.74, 6) is 1.89. The number of aliphatic imine (C=N–C) groups is 1. The van der Waals surface area contributed by atoms with Crippen molar-refractivity contribution in [1.82, 2.24) is 0 Å². The van der Waals surface area contributed by atoms with E-state index in [-0.39, 0.29) is 24.0 Å². The molecule has 6 heteroatoms. The first kappa shape index (κ1) is 19.8. The molecule has 0 heterocycles. The van der Waals surface area contributed by atoms with Gasteiger partial charge in [-0.05, 0) is 23.6 Å². The van der Waals surface area contributed by atoms with Crippen molar-refractivity contribution in [2.45, 2.75) is 0 Å². The maximum atomic E-state index is 5.93. The Morgan fingerprint density at radius 1 is 0.962 bits per heavy atom. The highest BCUT2D eigenvalue weighted by atomic mass is 127. The van der Waals surface area contributed by atoms with Gasteiger partial charge in [-0.3, -0.25) is 0 Å². The van der Waals surface area contributed by atoms with Crippen molar-refractivity contribution in [3.8, 4) is 11.5 Å². The first-order chi connectivity index (χ1) is 12.3. The molecule has 3 aromatic carbocycles. The second kappa shape index (κ2) is 9.86. The topological polar surface area (TPSA) is 68.9 Å². The molecule has 136 valence electrons. The minimum atomic E-state index is 0. The van der Waals surface area contributed by atoms with E-state index in [2.05, 4.69) is 22.4 Å². The fourth-order valence-corrected chi connectivity index (χ4v) is 2.57. The predicted molar refractivity (Wildman–Crippen MR) is 118 cm³/mol. The number of anilines is 1. The molecule has 3 N–H and O–H groups in total. The molecular weight excluding hydrogens is 441 g/mol. The fourth-order valence-electron chi connectivity index (χ4n) is 2.57. The van der Waals surface area contributed by atoms with E-state index >= 15 is 0 Å². The monoisotopic (exact) mass is 463 g/mol. The zero-order valence-corrected chi connectivity index (χ0v) is 16.8. The third-order valence-electron chi connectivity index (χ3n) is 3.75. The summed E-state index contributed by atoms with van der Waals surface area (Å²) in [6.07, 6.45) is 0. The van der Waals surface area contributed by atoms with Gasteiger partial charge >= 0.3 is 0 Å². The quantitative estimate of drug-likeness (QED) is 0.248. The van der Waals surface area contributed by atoms with Gasteiger partial charge in [-0.15, -0.1) is 24.0 Å². The molecule has 0 amide bonds. The van der Waals surface area contributed by atoms with Crippen LogP contribution in [0.1, 0.15) is 0 Å². The second-order valence-electron chi connectivity index (χ2n) is 5.42. The first-order valence-electron chi connectivity index (χ1n) is 8.08. The zero-order chi connectivity index (χ0) is 17.5. The molecule has 0 fully saturated rings. The summed E-state index contributed by atoms with van der Waals surface area (Å²) in [6, 6.07) is 21.7. The lowest BCUT2D eigenvalue weighted by Gasteiger charge is -2.11. The number of hydrogen-bond donors (Lipinski definition) is 2. The standard InChI is InChI=1S/C20H21N3O2.HI/c1-24-19-11-5-4-10-17(19)23-20(21)22-13-14-25-18-12-6-8-15-7-2-3-9-16(15)18;/h2-12H,13-14H2,1H3,(H3,21,22,23);1H. The number of rotatable bonds is 6. The van der Waals surface area contributed by atoms with Crippen LogP contribution < -0.4 is 20.5 Å². The summed E-state index contributed by atoms with van der Waals surface area (Å²) in [5, 5.41) is 5.28. The lowest BCUT2D eigenvalue weighted by Crippen LogP contribution is -2.23. The zero-order valence-electron chi connectivity index (χ0n) is 14.5. The summed E-state index contributed by atoms with van der Waals surface area (Å²) in [7, 11) is 1.62. The molecule has 0 aliphatic heterocycles. The Morgan fingerprint density at radius 2 is 1.65 bits per heavy atom. The molecule has 0 aliphatic carbocycles. The number of nitrogens with two attached hydrogens (primary N) is 1. The Hall–Kier alpha value is -2.48. The van der Waals surface area contributed by atoms with Crippen molar-refractivity contribution >= 4 is 46.4 Å². The summed E-state index contributed by atoms with van der Waals surface area (Å²) >= 11 is 0. The number of methoxy groups -OCH3 is 1. The van der Waals surface area contributed by atoms with Crippen LogP contribution in [0.15, 0.2) is 71.7 Å². The number of halogens is 1. The molecule has 0 radical (unpaired) electrons. The number of fused-ring (bicyclic) bond motifs is 1. The smallest absolute Gasteiger partial charge is 0.193 e. The van der Waals surface area contributed by atoms with Crippen LogP contribution in [0.25, 0.3) is 10.8 Å². The highest BCUT2D eigenvalue weighted by Gasteiger charge is 2.03. The van der Waals surface area contributed by atoms with Crippen LogP contribution >= 0.6 is 24.0 Å². The molecule has 0 bridgehead atoms. The lowest BCUT2D eigenvalue weighted by atomic mass is 10.1.